The first-order chi connectivity index (χ1) is 7.92. The van der Waals surface area contributed by atoms with Crippen molar-refractivity contribution in [2.45, 2.75) is 41.0 Å². The molecule has 0 fully saturated rings. The van der Waals surface area contributed by atoms with E-state index in [1.54, 1.807) is 0 Å². The summed E-state index contributed by atoms with van der Waals surface area (Å²) >= 11 is 0. The van der Waals surface area contributed by atoms with Crippen molar-refractivity contribution in [1.82, 2.24) is 16.0 Å². The molecule has 0 aliphatic rings. The molecule has 3 heteroatoms. The van der Waals surface area contributed by atoms with Gasteiger partial charge in [0.1, 0.15) is 0 Å². The van der Waals surface area contributed by atoms with E-state index in [2.05, 4.69) is 50.6 Å². The van der Waals surface area contributed by atoms with Gasteiger partial charge in [0, 0.05) is 26.2 Å². The molecule has 0 aromatic carbocycles. The molecule has 0 spiro atoms. The van der Waals surface area contributed by atoms with Crippen LogP contribution < -0.4 is 16.0 Å². The third kappa shape index (κ3) is 15.9. The molecule has 0 aromatic rings. The Morgan fingerprint density at radius 1 is 0.765 bits per heavy atom. The maximum atomic E-state index is 3.47. The van der Waals surface area contributed by atoms with Gasteiger partial charge in [-0.2, -0.15) is 0 Å². The van der Waals surface area contributed by atoms with Crippen LogP contribution in [0.15, 0.2) is 0 Å². The van der Waals surface area contributed by atoms with Gasteiger partial charge in [0.15, 0.2) is 0 Å². The summed E-state index contributed by atoms with van der Waals surface area (Å²) in [6.07, 6.45) is 1.24. The van der Waals surface area contributed by atoms with Gasteiger partial charge in [-0.1, -0.05) is 34.6 Å². The fourth-order valence-electron chi connectivity index (χ4n) is 1.46. The molecule has 3 nitrogen and oxygen atoms in total. The SMILES string of the molecule is CC(C)CNCCNCCNCCC(C)(C)C. The minimum Gasteiger partial charge on any atom is -0.315 e. The maximum absolute atomic E-state index is 3.47. The zero-order valence-electron chi connectivity index (χ0n) is 12.5. The molecule has 0 unspecified atom stereocenters. The summed E-state index contributed by atoms with van der Waals surface area (Å²) in [6, 6.07) is 0. The van der Waals surface area contributed by atoms with Gasteiger partial charge in [-0.25, -0.2) is 0 Å². The topological polar surface area (TPSA) is 36.1 Å². The molecule has 0 amide bonds. The van der Waals surface area contributed by atoms with Gasteiger partial charge in [-0.15, -0.1) is 0 Å². The quantitative estimate of drug-likeness (QED) is 0.513. The second-order valence-corrected chi connectivity index (χ2v) is 6.41. The first-order valence-electron chi connectivity index (χ1n) is 7.04. The third-order valence-corrected chi connectivity index (χ3v) is 2.56. The van der Waals surface area contributed by atoms with Crippen LogP contribution >= 0.6 is 0 Å². The maximum Gasteiger partial charge on any atom is 0.00772 e. The molecule has 0 saturated heterocycles. The van der Waals surface area contributed by atoms with Gasteiger partial charge in [0.25, 0.3) is 0 Å². The fourth-order valence-corrected chi connectivity index (χ4v) is 1.46. The van der Waals surface area contributed by atoms with Gasteiger partial charge in [0.05, 0.1) is 0 Å². The van der Waals surface area contributed by atoms with E-state index in [4.69, 9.17) is 0 Å². The molecule has 0 aliphatic carbocycles. The summed E-state index contributed by atoms with van der Waals surface area (Å²) < 4.78 is 0. The van der Waals surface area contributed by atoms with Gasteiger partial charge < -0.3 is 16.0 Å². The molecule has 3 N–H and O–H groups in total. The Kier molecular flexibility index (Phi) is 9.79. The van der Waals surface area contributed by atoms with Crippen LogP contribution in [0.5, 0.6) is 0 Å². The lowest BCUT2D eigenvalue weighted by atomic mass is 9.92. The normalized spacial score (nSPS) is 12.4. The zero-order chi connectivity index (χ0) is 13.1. The summed E-state index contributed by atoms with van der Waals surface area (Å²) in [5.74, 6) is 0.745. The van der Waals surface area contributed by atoms with E-state index >= 15 is 0 Å². The Labute approximate surface area is 108 Å². The summed E-state index contributed by atoms with van der Waals surface area (Å²) in [5.41, 5.74) is 0.446. The van der Waals surface area contributed by atoms with Gasteiger partial charge in [-0.05, 0) is 30.8 Å². The Morgan fingerprint density at radius 3 is 1.71 bits per heavy atom. The number of rotatable bonds is 10. The van der Waals surface area contributed by atoms with Crippen LogP contribution in [0, 0.1) is 11.3 Å². The lowest BCUT2D eigenvalue weighted by molar-refractivity contribution is 0.367. The molecular weight excluding hydrogens is 210 g/mol. The average molecular weight is 243 g/mol. The number of hydrogen-bond acceptors (Lipinski definition) is 3. The molecule has 0 saturated carbocycles. The predicted molar refractivity (Wildman–Crippen MR) is 77.5 cm³/mol. The van der Waals surface area contributed by atoms with Crippen molar-refractivity contribution in [2.75, 3.05) is 39.3 Å². The predicted octanol–water partition coefficient (Wildman–Crippen LogP) is 1.85. The number of hydrogen-bond donors (Lipinski definition) is 3. The molecule has 0 aromatic heterocycles. The van der Waals surface area contributed by atoms with E-state index in [0.29, 0.717) is 5.41 Å². The zero-order valence-corrected chi connectivity index (χ0v) is 12.5. The van der Waals surface area contributed by atoms with E-state index in [9.17, 15) is 0 Å². The Morgan fingerprint density at radius 2 is 1.24 bits per heavy atom. The fraction of sp³-hybridized carbons (Fsp3) is 1.00. The van der Waals surface area contributed by atoms with Gasteiger partial charge >= 0.3 is 0 Å². The highest BCUT2D eigenvalue weighted by Gasteiger charge is 2.08. The van der Waals surface area contributed by atoms with E-state index in [1.807, 2.05) is 0 Å². The molecule has 104 valence electrons. The third-order valence-electron chi connectivity index (χ3n) is 2.56. The van der Waals surface area contributed by atoms with E-state index in [0.717, 1.165) is 45.2 Å². The summed E-state index contributed by atoms with van der Waals surface area (Å²) in [7, 11) is 0. The van der Waals surface area contributed by atoms with Crippen LogP contribution in [-0.2, 0) is 0 Å². The Bertz CT molecular complexity index is 161. The van der Waals surface area contributed by atoms with Gasteiger partial charge in [-0.3, -0.25) is 0 Å². The van der Waals surface area contributed by atoms with Crippen LogP contribution in [0.3, 0.4) is 0 Å². The van der Waals surface area contributed by atoms with Crippen LogP contribution in [0.2, 0.25) is 0 Å². The monoisotopic (exact) mass is 243 g/mol. The Balaban J connectivity index is 3.04. The lowest BCUT2D eigenvalue weighted by Gasteiger charge is -2.18. The van der Waals surface area contributed by atoms with E-state index in [1.165, 1.54) is 6.42 Å². The highest BCUT2D eigenvalue weighted by atomic mass is 15.0. The van der Waals surface area contributed by atoms with Crippen molar-refractivity contribution in [3.63, 3.8) is 0 Å². The minimum absolute atomic E-state index is 0.446. The second kappa shape index (κ2) is 9.86. The molecule has 0 bridgehead atoms. The Hall–Kier alpha value is -0.120. The minimum atomic E-state index is 0.446. The first-order valence-corrected chi connectivity index (χ1v) is 7.04. The van der Waals surface area contributed by atoms with Crippen LogP contribution in [0.4, 0.5) is 0 Å². The molecular formula is C14H33N3. The summed E-state index contributed by atoms with van der Waals surface area (Å²) in [6.45, 7) is 17.8. The van der Waals surface area contributed by atoms with Crippen molar-refractivity contribution in [1.29, 1.82) is 0 Å². The molecule has 17 heavy (non-hydrogen) atoms. The summed E-state index contributed by atoms with van der Waals surface area (Å²) in [4.78, 5) is 0. The standard InChI is InChI=1S/C14H33N3/c1-13(2)12-17-11-10-16-9-8-15-7-6-14(3,4)5/h13,15-17H,6-12H2,1-5H3. The van der Waals surface area contributed by atoms with E-state index in [-0.39, 0.29) is 0 Å². The molecule has 0 aliphatic heterocycles. The highest BCUT2D eigenvalue weighted by molar-refractivity contribution is 4.63. The van der Waals surface area contributed by atoms with Gasteiger partial charge in [0.2, 0.25) is 0 Å². The average Bonchev–Trinajstić information content (AvgIpc) is 2.18. The van der Waals surface area contributed by atoms with E-state index < -0.39 is 0 Å². The van der Waals surface area contributed by atoms with Crippen molar-refractivity contribution in [3.05, 3.63) is 0 Å². The molecule has 0 heterocycles. The first kappa shape index (κ1) is 16.9. The van der Waals surface area contributed by atoms with Crippen molar-refractivity contribution < 1.29 is 0 Å². The van der Waals surface area contributed by atoms with Crippen LogP contribution in [0.25, 0.3) is 0 Å². The summed E-state index contributed by atoms with van der Waals surface area (Å²) in [5, 5.41) is 10.3. The smallest absolute Gasteiger partial charge is 0.00772 e. The molecule has 0 atom stereocenters. The van der Waals surface area contributed by atoms with Crippen molar-refractivity contribution >= 4 is 0 Å². The van der Waals surface area contributed by atoms with Crippen LogP contribution in [0.1, 0.15) is 41.0 Å². The number of nitrogens with one attached hydrogen (secondary N) is 3. The van der Waals surface area contributed by atoms with Crippen LogP contribution in [-0.4, -0.2) is 39.3 Å². The largest absolute Gasteiger partial charge is 0.315 e. The lowest BCUT2D eigenvalue weighted by Crippen LogP contribution is -2.34. The molecule has 0 rings (SSSR count). The van der Waals surface area contributed by atoms with Crippen molar-refractivity contribution in [3.8, 4) is 0 Å². The highest BCUT2D eigenvalue weighted by Crippen LogP contribution is 2.16. The second-order valence-electron chi connectivity index (χ2n) is 6.41. The molecule has 0 radical (unpaired) electrons. The van der Waals surface area contributed by atoms with Crippen molar-refractivity contribution in [2.24, 2.45) is 11.3 Å².